The van der Waals surface area contributed by atoms with Crippen LogP contribution in [0, 0.1) is 5.92 Å². The Morgan fingerprint density at radius 2 is 1.69 bits per heavy atom. The highest BCUT2D eigenvalue weighted by Gasteiger charge is 2.36. The number of carbonyl (C=O) groups excluding carboxylic acids is 1. The van der Waals surface area contributed by atoms with Crippen LogP contribution in [0.25, 0.3) is 0 Å². The Kier molecular flexibility index (Phi) is 9.46. The molecule has 3 aromatic rings. The van der Waals surface area contributed by atoms with Gasteiger partial charge in [0, 0.05) is 19.5 Å². The van der Waals surface area contributed by atoms with Crippen molar-refractivity contribution in [2.75, 3.05) is 38.6 Å². The van der Waals surface area contributed by atoms with Gasteiger partial charge in [0.1, 0.15) is 11.9 Å². The minimum absolute atomic E-state index is 0.0190. The Bertz CT molecular complexity index is 1610. The number of benzene rings is 3. The van der Waals surface area contributed by atoms with Crippen molar-refractivity contribution in [3.63, 3.8) is 0 Å². The molecule has 0 saturated heterocycles. The molecule has 4 rings (SSSR count). The number of nitrogens with one attached hydrogen (secondary N) is 1. The molecule has 42 heavy (non-hydrogen) atoms. The summed E-state index contributed by atoms with van der Waals surface area (Å²) in [4.78, 5) is 15.3. The molecule has 0 spiro atoms. The number of para-hydroxylation sites is 1. The summed E-state index contributed by atoms with van der Waals surface area (Å²) in [5, 5.41) is 9.90. The number of carbonyl (C=O) groups is 1. The highest BCUT2D eigenvalue weighted by atomic mass is 32.2. The molecule has 3 atom stereocenters. The molecule has 1 aliphatic heterocycles. The normalized spacial score (nSPS) is 18.4. The first kappa shape index (κ1) is 31.3. The summed E-state index contributed by atoms with van der Waals surface area (Å²) >= 11 is 0. The summed E-state index contributed by atoms with van der Waals surface area (Å²) in [6.07, 6.45) is -0.800. The maximum Gasteiger partial charge on any atom is 0.262 e. The first-order chi connectivity index (χ1) is 19.9. The zero-order valence-electron chi connectivity index (χ0n) is 23.8. The van der Waals surface area contributed by atoms with Crippen molar-refractivity contribution in [1.29, 1.82) is 0 Å². The zero-order chi connectivity index (χ0) is 30.7. The summed E-state index contributed by atoms with van der Waals surface area (Å²) in [7, 11) is -5.07. The Morgan fingerprint density at radius 3 is 2.31 bits per heavy atom. The number of aliphatic hydroxyl groups is 1. The number of anilines is 1. The SMILES string of the molecule is COc1ccc(S(=O)(=O)N(C)C[C@@H]2Oc3c(NS(=O)(=O)c4ccccc4)cccc3C(=O)N([C@H](C)CO)C[C@@H]2C)cc1. The number of sulfonamides is 2. The van der Waals surface area contributed by atoms with Crippen LogP contribution in [0.2, 0.25) is 0 Å². The van der Waals surface area contributed by atoms with Crippen LogP contribution >= 0.6 is 0 Å². The fraction of sp³-hybridized carbons (Fsp3) is 0.345. The van der Waals surface area contributed by atoms with Gasteiger partial charge in [-0.25, -0.2) is 16.8 Å². The number of aliphatic hydroxyl groups excluding tert-OH is 1. The van der Waals surface area contributed by atoms with Crippen LogP contribution in [-0.2, 0) is 20.0 Å². The lowest BCUT2D eigenvalue weighted by atomic mass is 9.99. The summed E-state index contributed by atoms with van der Waals surface area (Å²) in [6.45, 7) is 3.27. The molecular formula is C29H35N3O8S2. The van der Waals surface area contributed by atoms with Crippen LogP contribution in [0.3, 0.4) is 0 Å². The second kappa shape index (κ2) is 12.7. The number of methoxy groups -OCH3 is 1. The predicted octanol–water partition coefficient (Wildman–Crippen LogP) is 3.04. The topological polar surface area (TPSA) is 143 Å². The molecule has 0 fully saturated rings. The Labute approximate surface area is 246 Å². The van der Waals surface area contributed by atoms with Gasteiger partial charge in [-0.3, -0.25) is 9.52 Å². The fourth-order valence-electron chi connectivity index (χ4n) is 4.62. The van der Waals surface area contributed by atoms with Crippen molar-refractivity contribution in [3.8, 4) is 11.5 Å². The van der Waals surface area contributed by atoms with E-state index >= 15 is 0 Å². The molecule has 13 heteroatoms. The van der Waals surface area contributed by atoms with Gasteiger partial charge in [-0.1, -0.05) is 31.2 Å². The van der Waals surface area contributed by atoms with Crippen LogP contribution < -0.4 is 14.2 Å². The summed E-state index contributed by atoms with van der Waals surface area (Å²) < 4.78 is 68.5. The average molecular weight is 618 g/mol. The maximum absolute atomic E-state index is 13.7. The van der Waals surface area contributed by atoms with Crippen molar-refractivity contribution >= 4 is 31.6 Å². The van der Waals surface area contributed by atoms with E-state index in [0.29, 0.717) is 5.75 Å². The van der Waals surface area contributed by atoms with Crippen LogP contribution in [-0.4, -0.2) is 83.1 Å². The summed E-state index contributed by atoms with van der Waals surface area (Å²) in [5.74, 6) is -0.373. The van der Waals surface area contributed by atoms with Crippen LogP contribution in [0.1, 0.15) is 24.2 Å². The number of hydrogen-bond acceptors (Lipinski definition) is 8. The molecule has 0 radical (unpaired) electrons. The fourth-order valence-corrected chi connectivity index (χ4v) is 6.89. The number of fused-ring (bicyclic) bond motifs is 1. The van der Waals surface area contributed by atoms with Crippen molar-refractivity contribution in [2.45, 2.75) is 35.8 Å². The first-order valence-corrected chi connectivity index (χ1v) is 16.2. The van der Waals surface area contributed by atoms with Gasteiger partial charge in [-0.15, -0.1) is 0 Å². The predicted molar refractivity (Wildman–Crippen MR) is 158 cm³/mol. The number of nitrogens with zero attached hydrogens (tertiary/aromatic N) is 2. The summed E-state index contributed by atoms with van der Waals surface area (Å²) in [5.41, 5.74) is 0.113. The zero-order valence-corrected chi connectivity index (χ0v) is 25.4. The molecule has 2 N–H and O–H groups in total. The van der Waals surface area contributed by atoms with E-state index in [-0.39, 0.29) is 46.5 Å². The van der Waals surface area contributed by atoms with Crippen LogP contribution in [0.5, 0.6) is 11.5 Å². The molecule has 0 bridgehead atoms. The third-order valence-electron chi connectivity index (χ3n) is 7.19. The molecule has 11 nitrogen and oxygen atoms in total. The van der Waals surface area contributed by atoms with E-state index in [0.717, 1.165) is 4.31 Å². The average Bonchev–Trinajstić information content (AvgIpc) is 2.99. The highest BCUT2D eigenvalue weighted by Crippen LogP contribution is 2.36. The van der Waals surface area contributed by atoms with E-state index in [1.54, 1.807) is 37.3 Å². The highest BCUT2D eigenvalue weighted by molar-refractivity contribution is 7.92. The minimum atomic E-state index is -4.05. The van der Waals surface area contributed by atoms with E-state index in [1.165, 1.54) is 61.5 Å². The van der Waals surface area contributed by atoms with Gasteiger partial charge in [-0.2, -0.15) is 4.31 Å². The van der Waals surface area contributed by atoms with E-state index < -0.39 is 44.0 Å². The second-order valence-electron chi connectivity index (χ2n) is 10.2. The van der Waals surface area contributed by atoms with Gasteiger partial charge in [0.05, 0.1) is 47.3 Å². The minimum Gasteiger partial charge on any atom is -0.497 e. The molecule has 226 valence electrons. The monoisotopic (exact) mass is 617 g/mol. The van der Waals surface area contributed by atoms with E-state index in [4.69, 9.17) is 9.47 Å². The van der Waals surface area contributed by atoms with Crippen molar-refractivity contribution in [3.05, 3.63) is 78.4 Å². The first-order valence-electron chi connectivity index (χ1n) is 13.3. The van der Waals surface area contributed by atoms with Gasteiger partial charge >= 0.3 is 0 Å². The number of rotatable bonds is 10. The number of amides is 1. The molecule has 1 amide bonds. The van der Waals surface area contributed by atoms with Gasteiger partial charge in [0.2, 0.25) is 10.0 Å². The Balaban J connectivity index is 1.74. The molecular weight excluding hydrogens is 582 g/mol. The molecule has 0 saturated carbocycles. The smallest absolute Gasteiger partial charge is 0.262 e. The van der Waals surface area contributed by atoms with Crippen molar-refractivity contribution in [1.82, 2.24) is 9.21 Å². The second-order valence-corrected chi connectivity index (χ2v) is 13.9. The van der Waals surface area contributed by atoms with Crippen molar-refractivity contribution < 1.29 is 36.2 Å². The third kappa shape index (κ3) is 6.54. The van der Waals surface area contributed by atoms with Crippen molar-refractivity contribution in [2.24, 2.45) is 5.92 Å². The molecule has 0 unspecified atom stereocenters. The van der Waals surface area contributed by atoms with E-state index in [2.05, 4.69) is 4.72 Å². The maximum atomic E-state index is 13.7. The number of likely N-dealkylation sites (N-methyl/N-ethyl adjacent to an activating group) is 1. The molecule has 1 heterocycles. The van der Waals surface area contributed by atoms with Crippen LogP contribution in [0.4, 0.5) is 5.69 Å². The van der Waals surface area contributed by atoms with Gasteiger partial charge in [-0.05, 0) is 55.5 Å². The largest absolute Gasteiger partial charge is 0.497 e. The molecule has 3 aromatic carbocycles. The van der Waals surface area contributed by atoms with E-state index in [9.17, 15) is 26.7 Å². The summed E-state index contributed by atoms with van der Waals surface area (Å²) in [6, 6.07) is 17.7. The molecule has 1 aliphatic rings. The Hall–Kier alpha value is -3.65. The quantitative estimate of drug-likeness (QED) is 0.354. The number of ether oxygens (including phenoxy) is 2. The number of hydrogen-bond donors (Lipinski definition) is 2. The Morgan fingerprint density at radius 1 is 1.02 bits per heavy atom. The lowest BCUT2D eigenvalue weighted by molar-refractivity contribution is 0.0389. The molecule has 0 aromatic heterocycles. The lowest BCUT2D eigenvalue weighted by Crippen LogP contribution is -2.50. The van der Waals surface area contributed by atoms with Crippen LogP contribution in [0.15, 0.2) is 82.6 Å². The van der Waals surface area contributed by atoms with Gasteiger partial charge < -0.3 is 19.5 Å². The standard InChI is InChI=1S/C29H35N3O8S2/c1-20-17-32(21(2)19-33)29(34)25-11-8-12-26(30-41(35,36)23-9-6-5-7-10-23)28(25)40-27(20)18-31(3)42(37,38)24-15-13-22(39-4)14-16-24/h5-16,20-21,27,30,33H,17-19H2,1-4H3/t20-,21+,27-/m0/s1. The lowest BCUT2D eigenvalue weighted by Gasteiger charge is -2.38. The molecule has 0 aliphatic carbocycles. The van der Waals surface area contributed by atoms with E-state index in [1.807, 2.05) is 6.92 Å². The van der Waals surface area contributed by atoms with Gasteiger partial charge in [0.15, 0.2) is 5.75 Å². The third-order valence-corrected chi connectivity index (χ3v) is 10.4. The van der Waals surface area contributed by atoms with Gasteiger partial charge in [0.25, 0.3) is 15.9 Å².